The smallest absolute Gasteiger partial charge is 0.344 e. The molecule has 0 amide bonds. The summed E-state index contributed by atoms with van der Waals surface area (Å²) in [5.74, 6) is 0.425. The summed E-state index contributed by atoms with van der Waals surface area (Å²) in [4.78, 5) is 13.6. The van der Waals surface area contributed by atoms with E-state index in [1.165, 1.54) is 11.1 Å². The second-order valence-corrected chi connectivity index (χ2v) is 4.83. The van der Waals surface area contributed by atoms with Crippen LogP contribution in [0.15, 0.2) is 18.2 Å². The van der Waals surface area contributed by atoms with E-state index in [0.29, 0.717) is 6.61 Å². The lowest BCUT2D eigenvalue weighted by atomic mass is 10.0. The van der Waals surface area contributed by atoms with Gasteiger partial charge in [0.25, 0.3) is 0 Å². The van der Waals surface area contributed by atoms with Gasteiger partial charge in [-0.1, -0.05) is 6.07 Å². The van der Waals surface area contributed by atoms with Crippen molar-refractivity contribution in [2.24, 2.45) is 0 Å². The summed E-state index contributed by atoms with van der Waals surface area (Å²) in [7, 11) is 2.14. The van der Waals surface area contributed by atoms with Gasteiger partial charge in [-0.15, -0.1) is 0 Å². The maximum Gasteiger partial charge on any atom is 0.344 e. The summed E-state index contributed by atoms with van der Waals surface area (Å²) in [6.07, 6.45) is 2.10. The van der Waals surface area contributed by atoms with Crippen molar-refractivity contribution in [1.82, 2.24) is 4.81 Å². The zero-order valence-corrected chi connectivity index (χ0v) is 11.6. The first-order valence-corrected chi connectivity index (χ1v) is 6.78. The molecule has 0 spiro atoms. The lowest BCUT2D eigenvalue weighted by molar-refractivity contribution is -0.145. The molecule has 2 rings (SSSR count). The molecule has 1 heterocycles. The first-order chi connectivity index (χ1) is 9.19. The minimum atomic E-state index is -0.322. The number of rotatable bonds is 4. The van der Waals surface area contributed by atoms with Gasteiger partial charge in [0, 0.05) is 0 Å². The van der Waals surface area contributed by atoms with E-state index in [1.54, 1.807) is 6.92 Å². The maximum absolute atomic E-state index is 11.2. The van der Waals surface area contributed by atoms with Crippen LogP contribution in [-0.4, -0.2) is 45.1 Å². The quantitative estimate of drug-likeness (QED) is 0.587. The molecule has 0 unspecified atom stereocenters. The number of esters is 1. The molecule has 1 aliphatic heterocycles. The molecule has 0 fully saturated rings. The minimum absolute atomic E-state index is 0.0213. The van der Waals surface area contributed by atoms with Crippen molar-refractivity contribution in [2.75, 3.05) is 26.3 Å². The fourth-order valence-electron chi connectivity index (χ4n) is 2.25. The average Bonchev–Trinajstić information content (AvgIpc) is 2.59. The number of nitrogens with zero attached hydrogens (tertiary/aromatic N) is 1. The molecule has 0 saturated carbocycles. The molecular weight excluding hydrogens is 241 g/mol. The number of ether oxygens (including phenoxy) is 2. The third-order valence-corrected chi connectivity index (χ3v) is 3.37. The van der Waals surface area contributed by atoms with Crippen LogP contribution in [0.4, 0.5) is 0 Å². The van der Waals surface area contributed by atoms with Crippen LogP contribution >= 0.6 is 0 Å². The molecule has 0 N–H and O–H groups in total. The molecule has 4 nitrogen and oxygen atoms in total. The first kappa shape index (κ1) is 13.9. The molecule has 0 saturated heterocycles. The summed E-state index contributed by atoms with van der Waals surface area (Å²) in [6, 6.07) is 6.09. The highest BCUT2D eigenvalue weighted by Crippen LogP contribution is 2.21. The van der Waals surface area contributed by atoms with Gasteiger partial charge >= 0.3 is 5.97 Å². The Bertz CT molecular complexity index is 450. The van der Waals surface area contributed by atoms with Crippen molar-refractivity contribution < 1.29 is 14.3 Å². The zero-order valence-electron chi connectivity index (χ0n) is 11.6. The van der Waals surface area contributed by atoms with Crippen molar-refractivity contribution in [3.05, 3.63) is 29.3 Å². The van der Waals surface area contributed by atoms with E-state index in [1.807, 2.05) is 12.1 Å². The fraction of sp³-hybridized carbons (Fsp3) is 0.500. The van der Waals surface area contributed by atoms with Crippen LogP contribution in [0.2, 0.25) is 0 Å². The number of benzene rings is 1. The van der Waals surface area contributed by atoms with Crippen molar-refractivity contribution in [1.29, 1.82) is 0 Å². The molecule has 1 aromatic rings. The van der Waals surface area contributed by atoms with Gasteiger partial charge in [0.05, 0.1) is 6.61 Å². The highest BCUT2D eigenvalue weighted by atomic mass is 16.6. The van der Waals surface area contributed by atoms with Gasteiger partial charge in [-0.3, -0.25) is 0 Å². The highest BCUT2D eigenvalue weighted by Gasteiger charge is 2.12. The Morgan fingerprint density at radius 1 is 1.32 bits per heavy atom. The third-order valence-electron chi connectivity index (χ3n) is 3.37. The average molecular weight is 261 g/mol. The molecular formula is C14H20BNO3. The Labute approximate surface area is 115 Å². The van der Waals surface area contributed by atoms with Gasteiger partial charge in [-0.25, -0.2) is 4.79 Å². The molecule has 1 aromatic carbocycles. The summed E-state index contributed by atoms with van der Waals surface area (Å²) in [5, 5.41) is 0. The number of carbonyl (C=O) groups excluding carboxylic acids is 1. The Kier molecular flexibility index (Phi) is 4.85. The van der Waals surface area contributed by atoms with Crippen molar-refractivity contribution in [3.63, 3.8) is 0 Å². The lowest BCUT2D eigenvalue weighted by Gasteiger charge is -2.11. The molecule has 1 aliphatic rings. The summed E-state index contributed by atoms with van der Waals surface area (Å²) in [6.45, 7) is 4.31. The Balaban J connectivity index is 1.99. The zero-order chi connectivity index (χ0) is 13.7. The van der Waals surface area contributed by atoms with Gasteiger partial charge < -0.3 is 14.3 Å². The molecule has 0 aliphatic carbocycles. The summed E-state index contributed by atoms with van der Waals surface area (Å²) >= 11 is 0. The Morgan fingerprint density at radius 2 is 2.05 bits per heavy atom. The van der Waals surface area contributed by atoms with Gasteiger partial charge in [0.1, 0.15) is 5.75 Å². The first-order valence-electron chi connectivity index (χ1n) is 6.78. The second kappa shape index (κ2) is 6.61. The van der Waals surface area contributed by atoms with Gasteiger partial charge in [-0.05, 0) is 56.1 Å². The molecule has 5 heteroatoms. The lowest BCUT2D eigenvalue weighted by Crippen LogP contribution is -2.22. The topological polar surface area (TPSA) is 38.8 Å². The largest absolute Gasteiger partial charge is 0.482 e. The van der Waals surface area contributed by atoms with E-state index in [9.17, 15) is 4.79 Å². The predicted molar refractivity (Wildman–Crippen MR) is 76.1 cm³/mol. The van der Waals surface area contributed by atoms with E-state index >= 15 is 0 Å². The molecule has 19 heavy (non-hydrogen) atoms. The van der Waals surface area contributed by atoms with Crippen LogP contribution in [0.3, 0.4) is 0 Å². The summed E-state index contributed by atoms with van der Waals surface area (Å²) in [5.41, 5.74) is 2.71. The molecule has 0 atom stereocenters. The van der Waals surface area contributed by atoms with Crippen LogP contribution in [0, 0.1) is 0 Å². The van der Waals surface area contributed by atoms with E-state index in [4.69, 9.17) is 9.47 Å². The number of carbonyl (C=O) groups is 1. The Morgan fingerprint density at radius 3 is 2.79 bits per heavy atom. The molecule has 0 bridgehead atoms. The van der Waals surface area contributed by atoms with Crippen molar-refractivity contribution in [2.45, 2.75) is 19.8 Å². The fourth-order valence-corrected chi connectivity index (χ4v) is 2.25. The molecule has 102 valence electrons. The minimum Gasteiger partial charge on any atom is -0.482 e. The van der Waals surface area contributed by atoms with E-state index < -0.39 is 0 Å². The van der Waals surface area contributed by atoms with Crippen molar-refractivity contribution in [3.8, 4) is 5.75 Å². The van der Waals surface area contributed by atoms with Crippen molar-refractivity contribution >= 4 is 14.0 Å². The van der Waals surface area contributed by atoms with Crippen LogP contribution in [0.1, 0.15) is 18.1 Å². The number of fused-ring (bicyclic) bond motifs is 1. The predicted octanol–water partition coefficient (Wildman–Crippen LogP) is 0.577. The van der Waals surface area contributed by atoms with E-state index in [2.05, 4.69) is 18.9 Å². The van der Waals surface area contributed by atoms with Gasteiger partial charge in [-0.2, -0.15) is 0 Å². The standard InChI is InChI=1S/C14H20BNO3/c1-2-18-14(17)10-19-13-4-3-11-5-7-16(15)8-6-12(11)9-13/h3-4,9H,2,5-8,10,15H2,1H3. The van der Waals surface area contributed by atoms with Crippen LogP contribution in [0.25, 0.3) is 0 Å². The van der Waals surface area contributed by atoms with Crippen LogP contribution in [0.5, 0.6) is 5.75 Å². The Hall–Kier alpha value is -1.49. The monoisotopic (exact) mass is 261 g/mol. The normalized spacial score (nSPS) is 15.4. The number of hydrogen-bond acceptors (Lipinski definition) is 4. The van der Waals surface area contributed by atoms with Crippen LogP contribution < -0.4 is 4.74 Å². The highest BCUT2D eigenvalue weighted by molar-refractivity contribution is 6.04. The number of hydrogen-bond donors (Lipinski definition) is 0. The van der Waals surface area contributed by atoms with E-state index in [0.717, 1.165) is 31.7 Å². The van der Waals surface area contributed by atoms with Gasteiger partial charge in [0.2, 0.25) is 0 Å². The van der Waals surface area contributed by atoms with E-state index in [-0.39, 0.29) is 12.6 Å². The SMILES string of the molecule is BN1CCc2ccc(OCC(=O)OCC)cc2CC1. The van der Waals surface area contributed by atoms with Gasteiger partial charge in [0.15, 0.2) is 14.6 Å². The van der Waals surface area contributed by atoms with Crippen LogP contribution in [-0.2, 0) is 22.4 Å². The molecule has 0 radical (unpaired) electrons. The summed E-state index contributed by atoms with van der Waals surface area (Å²) < 4.78 is 10.3. The third kappa shape index (κ3) is 3.99. The second-order valence-electron chi connectivity index (χ2n) is 4.83. The molecule has 0 aromatic heterocycles. The maximum atomic E-state index is 11.2.